The second-order valence-electron chi connectivity index (χ2n) is 13.9. The third-order valence-corrected chi connectivity index (χ3v) is 8.90. The number of hydrogen-bond acceptors (Lipinski definition) is 4. The lowest BCUT2D eigenvalue weighted by atomic mass is 10.1. The average molecular weight is 712 g/mol. The first-order valence-corrected chi connectivity index (χ1v) is 20.9. The molecule has 1 unspecified atom stereocenters. The van der Waals surface area contributed by atoms with Gasteiger partial charge >= 0.3 is 11.9 Å². The molecule has 0 aromatic rings. The number of carbonyl (C=O) groups is 3. The Morgan fingerprint density at radius 1 is 0.529 bits per heavy atom. The van der Waals surface area contributed by atoms with Gasteiger partial charge in [-0.25, -0.2) is 0 Å². The van der Waals surface area contributed by atoms with Gasteiger partial charge in [-0.3, -0.25) is 14.4 Å². The molecule has 0 aliphatic rings. The summed E-state index contributed by atoms with van der Waals surface area (Å²) in [5.74, 6) is -1.30. The van der Waals surface area contributed by atoms with E-state index in [1.807, 2.05) is 0 Å². The van der Waals surface area contributed by atoms with Gasteiger partial charge in [-0.2, -0.15) is 0 Å². The fraction of sp³-hybridized carbons (Fsp3) is 0.711. The predicted octanol–water partition coefficient (Wildman–Crippen LogP) is 12.8. The number of carbonyl (C=O) groups excluding carboxylic acids is 2. The van der Waals surface area contributed by atoms with Gasteiger partial charge in [-0.1, -0.05) is 152 Å². The minimum Gasteiger partial charge on any atom is -0.480 e. The van der Waals surface area contributed by atoms with Gasteiger partial charge < -0.3 is 15.2 Å². The van der Waals surface area contributed by atoms with E-state index in [-0.39, 0.29) is 24.5 Å². The molecule has 6 nitrogen and oxygen atoms in total. The van der Waals surface area contributed by atoms with Crippen LogP contribution in [0.1, 0.15) is 194 Å². The molecular formula is C45H77NO5. The number of nitrogens with one attached hydrogen (secondary N) is 1. The minimum absolute atomic E-state index is 0.0838. The van der Waals surface area contributed by atoms with Crippen molar-refractivity contribution in [1.29, 1.82) is 0 Å². The summed E-state index contributed by atoms with van der Waals surface area (Å²) in [6, 6.07) is 0. The van der Waals surface area contributed by atoms with Crippen molar-refractivity contribution in [2.45, 2.75) is 200 Å². The van der Waals surface area contributed by atoms with Crippen molar-refractivity contribution in [2.24, 2.45) is 0 Å². The third kappa shape index (κ3) is 39.7. The first-order chi connectivity index (χ1) is 25.0. The van der Waals surface area contributed by atoms with Crippen molar-refractivity contribution >= 4 is 17.8 Å². The Hall–Kier alpha value is -2.89. The highest BCUT2D eigenvalue weighted by molar-refractivity contribution is 5.80. The van der Waals surface area contributed by atoms with Gasteiger partial charge in [0, 0.05) is 12.8 Å². The van der Waals surface area contributed by atoms with E-state index in [0.717, 1.165) is 89.9 Å². The van der Waals surface area contributed by atoms with Gasteiger partial charge in [0.25, 0.3) is 0 Å². The largest absolute Gasteiger partial charge is 0.480 e. The summed E-state index contributed by atoms with van der Waals surface area (Å²) in [7, 11) is 0. The number of rotatable bonds is 37. The van der Waals surface area contributed by atoms with Gasteiger partial charge in [0.05, 0.1) is 0 Å². The molecule has 292 valence electrons. The van der Waals surface area contributed by atoms with Crippen molar-refractivity contribution < 1.29 is 24.2 Å². The number of ether oxygens (including phenoxy) is 1. The minimum atomic E-state index is -1.02. The number of esters is 1. The molecule has 0 saturated heterocycles. The van der Waals surface area contributed by atoms with Crippen LogP contribution in [-0.2, 0) is 19.1 Å². The van der Waals surface area contributed by atoms with Crippen LogP contribution in [0.4, 0.5) is 0 Å². The van der Waals surface area contributed by atoms with Crippen molar-refractivity contribution in [3.8, 4) is 0 Å². The van der Waals surface area contributed by atoms with Crippen LogP contribution in [-0.4, -0.2) is 35.6 Å². The number of carboxylic acid groups (broad SMARTS) is 1. The molecule has 0 aliphatic carbocycles. The lowest BCUT2D eigenvalue weighted by molar-refractivity contribution is -0.147. The zero-order valence-corrected chi connectivity index (χ0v) is 32.9. The first kappa shape index (κ1) is 48.1. The molecule has 0 radical (unpaired) electrons. The van der Waals surface area contributed by atoms with Crippen LogP contribution in [0, 0.1) is 0 Å². The maximum absolute atomic E-state index is 12.7. The lowest BCUT2D eigenvalue weighted by Crippen LogP contribution is -2.28. The summed E-state index contributed by atoms with van der Waals surface area (Å²) < 4.78 is 5.92. The Morgan fingerprint density at radius 3 is 1.53 bits per heavy atom. The molecule has 2 N–H and O–H groups in total. The number of carboxylic acids is 1. The summed E-state index contributed by atoms with van der Waals surface area (Å²) >= 11 is 0. The van der Waals surface area contributed by atoms with E-state index in [9.17, 15) is 14.4 Å². The molecule has 51 heavy (non-hydrogen) atoms. The Labute approximate surface area is 313 Å². The highest BCUT2D eigenvalue weighted by Crippen LogP contribution is 2.15. The summed E-state index contributed by atoms with van der Waals surface area (Å²) in [5.41, 5.74) is 0. The zero-order chi connectivity index (χ0) is 37.3. The molecule has 1 amide bonds. The van der Waals surface area contributed by atoms with E-state index < -0.39 is 5.97 Å². The SMILES string of the molecule is CCCCC/C=C\C/C=C\C/C=C\CCCCCCCCC(=O)OC(/C=C\C/C=C\CCCCCC)CCCCCCCCC(=O)NCC(=O)O. The van der Waals surface area contributed by atoms with Crippen molar-refractivity contribution in [1.82, 2.24) is 5.32 Å². The van der Waals surface area contributed by atoms with Crippen molar-refractivity contribution in [3.05, 3.63) is 60.8 Å². The molecule has 6 heteroatoms. The molecule has 0 saturated carbocycles. The maximum Gasteiger partial charge on any atom is 0.322 e. The second-order valence-corrected chi connectivity index (χ2v) is 13.9. The predicted molar refractivity (Wildman–Crippen MR) is 217 cm³/mol. The van der Waals surface area contributed by atoms with E-state index in [0.29, 0.717) is 12.8 Å². The summed E-state index contributed by atoms with van der Waals surface area (Å²) in [6.45, 7) is 4.16. The smallest absolute Gasteiger partial charge is 0.322 e. The Kier molecular flexibility index (Phi) is 37.6. The average Bonchev–Trinajstić information content (AvgIpc) is 3.11. The van der Waals surface area contributed by atoms with Gasteiger partial charge in [0.2, 0.25) is 5.91 Å². The molecule has 0 aromatic carbocycles. The highest BCUT2D eigenvalue weighted by Gasteiger charge is 2.11. The molecule has 0 rings (SSSR count). The van der Waals surface area contributed by atoms with Gasteiger partial charge in [-0.15, -0.1) is 0 Å². The fourth-order valence-corrected chi connectivity index (χ4v) is 5.76. The van der Waals surface area contributed by atoms with Crippen LogP contribution in [0.15, 0.2) is 60.8 Å². The van der Waals surface area contributed by atoms with Crippen LogP contribution in [0.2, 0.25) is 0 Å². The Morgan fingerprint density at radius 2 is 0.961 bits per heavy atom. The standard InChI is InChI=1S/C45H77NO5/c1-3-5-7-9-11-13-14-15-16-17-18-19-20-21-22-24-26-32-36-40-45(50)51-42(37-33-29-25-23-12-10-8-6-4-2)38-34-30-27-28-31-35-39-43(47)46-41-44(48)49/h11,13,15-16,18-19,23,25,33,37,42H,3-10,12,14,17,20-22,24,26-32,34-36,38-41H2,1-2H3,(H,46,47)(H,48,49)/b13-11-,16-15-,19-18-,25-23-,37-33-. The Balaban J connectivity index is 4.19. The Bertz CT molecular complexity index is 964. The van der Waals surface area contributed by atoms with E-state index in [2.05, 4.69) is 79.9 Å². The normalized spacial score (nSPS) is 12.7. The number of unbranched alkanes of at least 4 members (excludes halogenated alkanes) is 18. The van der Waals surface area contributed by atoms with Crippen LogP contribution in [0.3, 0.4) is 0 Å². The number of hydrogen-bond donors (Lipinski definition) is 2. The molecule has 1 atom stereocenters. The number of amides is 1. The van der Waals surface area contributed by atoms with Crippen LogP contribution in [0.5, 0.6) is 0 Å². The highest BCUT2D eigenvalue weighted by atomic mass is 16.5. The fourth-order valence-electron chi connectivity index (χ4n) is 5.76. The number of allylic oxidation sites excluding steroid dienone is 9. The molecule has 0 aromatic heterocycles. The summed E-state index contributed by atoms with van der Waals surface area (Å²) in [5, 5.41) is 11.0. The zero-order valence-electron chi connectivity index (χ0n) is 32.9. The third-order valence-electron chi connectivity index (χ3n) is 8.90. The second kappa shape index (κ2) is 39.9. The quantitative estimate of drug-likeness (QED) is 0.0380. The molecular weight excluding hydrogens is 634 g/mol. The van der Waals surface area contributed by atoms with E-state index in [1.165, 1.54) is 77.0 Å². The first-order valence-electron chi connectivity index (χ1n) is 20.9. The van der Waals surface area contributed by atoms with Gasteiger partial charge in [0.1, 0.15) is 12.6 Å². The van der Waals surface area contributed by atoms with E-state index in [4.69, 9.17) is 9.84 Å². The lowest BCUT2D eigenvalue weighted by Gasteiger charge is -2.14. The molecule has 0 spiro atoms. The van der Waals surface area contributed by atoms with E-state index >= 15 is 0 Å². The van der Waals surface area contributed by atoms with E-state index in [1.54, 1.807) is 0 Å². The topological polar surface area (TPSA) is 92.7 Å². The monoisotopic (exact) mass is 712 g/mol. The maximum atomic E-state index is 12.7. The molecule has 0 fully saturated rings. The molecule has 0 heterocycles. The van der Waals surface area contributed by atoms with Crippen molar-refractivity contribution in [3.63, 3.8) is 0 Å². The van der Waals surface area contributed by atoms with Crippen LogP contribution in [0.25, 0.3) is 0 Å². The van der Waals surface area contributed by atoms with Crippen LogP contribution < -0.4 is 5.32 Å². The van der Waals surface area contributed by atoms with Crippen LogP contribution >= 0.6 is 0 Å². The summed E-state index contributed by atoms with van der Waals surface area (Å²) in [6.07, 6.45) is 52.1. The number of aliphatic carboxylic acids is 1. The summed E-state index contributed by atoms with van der Waals surface area (Å²) in [4.78, 5) is 34.9. The van der Waals surface area contributed by atoms with Crippen molar-refractivity contribution in [2.75, 3.05) is 6.54 Å². The van der Waals surface area contributed by atoms with Gasteiger partial charge in [-0.05, 0) is 89.5 Å². The van der Waals surface area contributed by atoms with Gasteiger partial charge in [0.15, 0.2) is 0 Å². The molecule has 0 bridgehead atoms. The molecule has 0 aliphatic heterocycles.